The van der Waals surface area contributed by atoms with Crippen molar-refractivity contribution in [2.75, 3.05) is 0 Å². The molecule has 140 valence electrons. The van der Waals surface area contributed by atoms with Gasteiger partial charge in [0.2, 0.25) is 0 Å². The first-order valence-electron chi connectivity index (χ1n) is 8.44. The summed E-state index contributed by atoms with van der Waals surface area (Å²) in [6, 6.07) is 0. The van der Waals surface area contributed by atoms with Gasteiger partial charge >= 0.3 is 12.1 Å². The van der Waals surface area contributed by atoms with Crippen LogP contribution in [0.15, 0.2) is 0 Å². The second-order valence-corrected chi connectivity index (χ2v) is 7.49. The summed E-state index contributed by atoms with van der Waals surface area (Å²) in [7, 11) is 0. The van der Waals surface area contributed by atoms with Gasteiger partial charge in [-0.2, -0.15) is 0 Å². The normalized spacial score (nSPS) is 17.1. The van der Waals surface area contributed by atoms with E-state index in [2.05, 4.69) is 15.6 Å². The summed E-state index contributed by atoms with van der Waals surface area (Å²) in [5.41, 5.74) is -1.59. The topological polar surface area (TPSA) is 127 Å². The number of aromatic nitrogens is 3. The van der Waals surface area contributed by atoms with E-state index in [0.717, 1.165) is 19.3 Å². The zero-order valence-electron chi connectivity index (χ0n) is 14.9. The Labute approximate surface area is 146 Å². The number of carboxylic acids is 1. The van der Waals surface area contributed by atoms with Crippen molar-refractivity contribution in [2.45, 2.75) is 77.2 Å². The number of aromatic carboxylic acids is 1. The molecule has 0 radical (unpaired) electrons. The molecule has 1 aromatic rings. The average molecular weight is 354 g/mol. The highest BCUT2D eigenvalue weighted by Crippen LogP contribution is 2.29. The second-order valence-electron chi connectivity index (χ2n) is 7.49. The first-order valence-corrected chi connectivity index (χ1v) is 8.44. The van der Waals surface area contributed by atoms with E-state index in [0.29, 0.717) is 12.8 Å². The molecule has 3 N–H and O–H groups in total. The molecule has 9 nitrogen and oxygen atoms in total. The van der Waals surface area contributed by atoms with Crippen LogP contribution in [0.1, 0.15) is 69.1 Å². The molecule has 2 rings (SSSR count). The molecule has 1 heterocycles. The van der Waals surface area contributed by atoms with Crippen molar-refractivity contribution in [3.8, 4) is 0 Å². The third-order valence-electron chi connectivity index (χ3n) is 4.07. The SMILES string of the molecule is CC(C)(C)OC(=O)NCc1c(C(=O)O)nnn1CC1(O)CCCCC1. The van der Waals surface area contributed by atoms with Gasteiger partial charge in [0, 0.05) is 0 Å². The molecule has 0 unspecified atom stereocenters. The van der Waals surface area contributed by atoms with E-state index in [9.17, 15) is 19.8 Å². The van der Waals surface area contributed by atoms with E-state index in [4.69, 9.17) is 4.74 Å². The third kappa shape index (κ3) is 5.42. The fourth-order valence-corrected chi connectivity index (χ4v) is 2.92. The molecular weight excluding hydrogens is 328 g/mol. The maximum absolute atomic E-state index is 11.8. The minimum Gasteiger partial charge on any atom is -0.476 e. The molecular formula is C16H26N4O5. The first kappa shape index (κ1) is 19.2. The smallest absolute Gasteiger partial charge is 0.407 e. The molecule has 0 aliphatic heterocycles. The summed E-state index contributed by atoms with van der Waals surface area (Å²) in [6.07, 6.45) is 3.52. The van der Waals surface area contributed by atoms with Gasteiger partial charge < -0.3 is 20.3 Å². The molecule has 1 fully saturated rings. The quantitative estimate of drug-likeness (QED) is 0.734. The number of carbonyl (C=O) groups excluding carboxylic acids is 1. The highest BCUT2D eigenvalue weighted by Gasteiger charge is 2.32. The molecule has 0 saturated heterocycles. The number of carbonyl (C=O) groups is 2. The number of carboxylic acid groups (broad SMARTS) is 1. The van der Waals surface area contributed by atoms with Crippen molar-refractivity contribution in [2.24, 2.45) is 0 Å². The molecule has 25 heavy (non-hydrogen) atoms. The van der Waals surface area contributed by atoms with Gasteiger partial charge in [0.15, 0.2) is 5.69 Å². The lowest BCUT2D eigenvalue weighted by atomic mass is 9.85. The van der Waals surface area contributed by atoms with E-state index >= 15 is 0 Å². The predicted octanol–water partition coefficient (Wildman–Crippen LogP) is 1.70. The van der Waals surface area contributed by atoms with Crippen LogP contribution in [-0.2, 0) is 17.8 Å². The van der Waals surface area contributed by atoms with Gasteiger partial charge in [-0.05, 0) is 33.6 Å². The molecule has 1 amide bonds. The van der Waals surface area contributed by atoms with Gasteiger partial charge in [0.1, 0.15) is 5.60 Å². The molecule has 9 heteroatoms. The Morgan fingerprint density at radius 2 is 1.92 bits per heavy atom. The summed E-state index contributed by atoms with van der Waals surface area (Å²) in [4.78, 5) is 23.2. The zero-order valence-corrected chi connectivity index (χ0v) is 14.9. The summed E-state index contributed by atoms with van der Waals surface area (Å²) < 4.78 is 6.52. The standard InChI is InChI=1S/C16H26N4O5/c1-15(2,3)25-14(23)17-9-11-12(13(21)22)18-19-20(11)10-16(24)7-5-4-6-8-16/h24H,4-10H2,1-3H3,(H,17,23)(H,21,22). The zero-order chi connectivity index (χ0) is 18.7. The predicted molar refractivity (Wildman–Crippen MR) is 88.1 cm³/mol. The third-order valence-corrected chi connectivity index (χ3v) is 4.07. The monoisotopic (exact) mass is 354 g/mol. The van der Waals surface area contributed by atoms with Gasteiger partial charge in [-0.15, -0.1) is 5.10 Å². The Morgan fingerprint density at radius 3 is 2.48 bits per heavy atom. The number of nitrogens with one attached hydrogen (secondary N) is 1. The summed E-state index contributed by atoms with van der Waals surface area (Å²) in [5, 5.41) is 30.0. The first-order chi connectivity index (χ1) is 11.6. The van der Waals surface area contributed by atoms with Crippen molar-refractivity contribution < 1.29 is 24.5 Å². The maximum Gasteiger partial charge on any atom is 0.407 e. The Bertz CT molecular complexity index is 629. The number of amides is 1. The second kappa shape index (κ2) is 7.38. The molecule has 1 saturated carbocycles. The average Bonchev–Trinajstić information content (AvgIpc) is 2.86. The fourth-order valence-electron chi connectivity index (χ4n) is 2.92. The number of hydrogen-bond acceptors (Lipinski definition) is 6. The van der Waals surface area contributed by atoms with E-state index in [1.807, 2.05) is 0 Å². The van der Waals surface area contributed by atoms with E-state index in [1.54, 1.807) is 20.8 Å². The lowest BCUT2D eigenvalue weighted by Crippen LogP contribution is -2.38. The highest BCUT2D eigenvalue weighted by atomic mass is 16.6. The lowest BCUT2D eigenvalue weighted by Gasteiger charge is -2.32. The van der Waals surface area contributed by atoms with Crippen LogP contribution in [0.2, 0.25) is 0 Å². The largest absolute Gasteiger partial charge is 0.476 e. The Kier molecular flexibility index (Phi) is 5.66. The summed E-state index contributed by atoms with van der Waals surface area (Å²) in [5.74, 6) is -1.23. The number of hydrogen-bond donors (Lipinski definition) is 3. The van der Waals surface area contributed by atoms with Crippen LogP contribution >= 0.6 is 0 Å². The molecule has 0 spiro atoms. The van der Waals surface area contributed by atoms with Crippen LogP contribution in [-0.4, -0.2) is 48.5 Å². The van der Waals surface area contributed by atoms with Crippen LogP contribution in [0.4, 0.5) is 4.79 Å². The van der Waals surface area contributed by atoms with Gasteiger partial charge in [0.05, 0.1) is 24.4 Å². The van der Waals surface area contributed by atoms with Crippen molar-refractivity contribution in [3.63, 3.8) is 0 Å². The van der Waals surface area contributed by atoms with Crippen molar-refractivity contribution in [1.29, 1.82) is 0 Å². The van der Waals surface area contributed by atoms with Crippen LogP contribution in [0, 0.1) is 0 Å². The Morgan fingerprint density at radius 1 is 1.28 bits per heavy atom. The molecule has 0 bridgehead atoms. The summed E-state index contributed by atoms with van der Waals surface area (Å²) in [6.45, 7) is 5.26. The molecule has 1 aliphatic rings. The minimum absolute atomic E-state index is 0.0976. The Balaban J connectivity index is 2.13. The van der Waals surface area contributed by atoms with E-state index in [-0.39, 0.29) is 24.5 Å². The summed E-state index contributed by atoms with van der Waals surface area (Å²) >= 11 is 0. The molecule has 0 atom stereocenters. The van der Waals surface area contributed by atoms with E-state index < -0.39 is 23.3 Å². The molecule has 1 aromatic heterocycles. The lowest BCUT2D eigenvalue weighted by molar-refractivity contribution is -0.0154. The van der Waals surface area contributed by atoms with Crippen LogP contribution < -0.4 is 5.32 Å². The number of nitrogens with zero attached hydrogens (tertiary/aromatic N) is 3. The van der Waals surface area contributed by atoms with Gasteiger partial charge in [-0.3, -0.25) is 0 Å². The van der Waals surface area contributed by atoms with E-state index in [1.165, 1.54) is 4.68 Å². The highest BCUT2D eigenvalue weighted by molar-refractivity contribution is 5.86. The van der Waals surface area contributed by atoms with Gasteiger partial charge in [-0.1, -0.05) is 24.5 Å². The number of ether oxygens (including phenoxy) is 1. The van der Waals surface area contributed by atoms with Crippen LogP contribution in [0.5, 0.6) is 0 Å². The molecule has 1 aliphatic carbocycles. The van der Waals surface area contributed by atoms with Crippen LogP contribution in [0.3, 0.4) is 0 Å². The van der Waals surface area contributed by atoms with Crippen LogP contribution in [0.25, 0.3) is 0 Å². The Hall–Kier alpha value is -2.16. The van der Waals surface area contributed by atoms with Gasteiger partial charge in [0.25, 0.3) is 0 Å². The maximum atomic E-state index is 11.8. The molecule has 0 aromatic carbocycles. The number of rotatable bonds is 5. The van der Waals surface area contributed by atoms with Crippen molar-refractivity contribution in [1.82, 2.24) is 20.3 Å². The fraction of sp³-hybridized carbons (Fsp3) is 0.750. The minimum atomic E-state index is -1.23. The van der Waals surface area contributed by atoms with Crippen molar-refractivity contribution in [3.05, 3.63) is 11.4 Å². The number of alkyl carbamates (subject to hydrolysis) is 1. The van der Waals surface area contributed by atoms with Gasteiger partial charge in [-0.25, -0.2) is 14.3 Å². The number of aliphatic hydroxyl groups is 1. The van der Waals surface area contributed by atoms with Crippen molar-refractivity contribution >= 4 is 12.1 Å².